The Hall–Kier alpha value is -0.640. The van der Waals surface area contributed by atoms with Gasteiger partial charge in [0.2, 0.25) is 0 Å². The van der Waals surface area contributed by atoms with Crippen LogP contribution in [0.15, 0.2) is 11.4 Å². The minimum absolute atomic E-state index is 0.223. The summed E-state index contributed by atoms with van der Waals surface area (Å²) in [5, 5.41) is 0.223. The van der Waals surface area contributed by atoms with Crippen molar-refractivity contribution in [2.75, 3.05) is 20.8 Å². The van der Waals surface area contributed by atoms with Crippen molar-refractivity contribution in [3.05, 3.63) is 11.4 Å². The van der Waals surface area contributed by atoms with Gasteiger partial charge in [-0.15, -0.1) is 0 Å². The highest BCUT2D eigenvalue weighted by atomic mass is 31.2. The number of hydrogen-bond donors (Lipinski definition) is 0. The van der Waals surface area contributed by atoms with Crippen LogP contribution in [-0.4, -0.2) is 26.8 Å². The topological polar surface area (TPSA) is 61.8 Å². The van der Waals surface area contributed by atoms with Gasteiger partial charge in [0.25, 0.3) is 0 Å². The van der Waals surface area contributed by atoms with E-state index in [4.69, 9.17) is 0 Å². The molecule has 82 valence electrons. The van der Waals surface area contributed by atoms with Gasteiger partial charge in [-0.1, -0.05) is 0 Å². The molecule has 0 aliphatic carbocycles. The van der Waals surface area contributed by atoms with Crippen LogP contribution in [0.5, 0.6) is 0 Å². The summed E-state index contributed by atoms with van der Waals surface area (Å²) in [5.74, 6) is -0.556. The molecule has 0 aromatic heterocycles. The van der Waals surface area contributed by atoms with Crippen LogP contribution >= 0.6 is 7.60 Å². The molecular formula is C8H15O5P. The molecule has 5 nitrogen and oxygen atoms in total. The van der Waals surface area contributed by atoms with E-state index in [1.54, 1.807) is 6.92 Å². The van der Waals surface area contributed by atoms with Gasteiger partial charge >= 0.3 is 13.6 Å². The molecule has 0 unspecified atom stereocenters. The Morgan fingerprint density at radius 2 is 1.86 bits per heavy atom. The summed E-state index contributed by atoms with van der Waals surface area (Å²) in [6.07, 6.45) is 1.11. The van der Waals surface area contributed by atoms with Gasteiger partial charge in [-0.05, 0) is 13.8 Å². The molecule has 0 atom stereocenters. The molecule has 0 radical (unpaired) electrons. The van der Waals surface area contributed by atoms with Gasteiger partial charge in [-0.2, -0.15) is 0 Å². The van der Waals surface area contributed by atoms with Gasteiger partial charge in [0, 0.05) is 25.6 Å². The quantitative estimate of drug-likeness (QED) is 0.404. The molecule has 0 rings (SSSR count). The van der Waals surface area contributed by atoms with E-state index < -0.39 is 13.6 Å². The molecule has 0 fully saturated rings. The number of esters is 1. The first-order valence-electron chi connectivity index (χ1n) is 4.07. The normalized spacial score (nSPS) is 12.7. The Kier molecular flexibility index (Phi) is 5.69. The SMILES string of the molecule is CCOC(=O)/C=C(\C)P(=O)(OC)OC. The predicted molar refractivity (Wildman–Crippen MR) is 52.0 cm³/mol. The van der Waals surface area contributed by atoms with Crippen molar-refractivity contribution in [2.45, 2.75) is 13.8 Å². The van der Waals surface area contributed by atoms with E-state index in [1.165, 1.54) is 21.1 Å². The van der Waals surface area contributed by atoms with E-state index in [0.717, 1.165) is 6.08 Å². The van der Waals surface area contributed by atoms with Crippen molar-refractivity contribution in [3.63, 3.8) is 0 Å². The van der Waals surface area contributed by atoms with Crippen LogP contribution in [0.2, 0.25) is 0 Å². The van der Waals surface area contributed by atoms with E-state index >= 15 is 0 Å². The maximum atomic E-state index is 11.7. The predicted octanol–water partition coefficient (Wildman–Crippen LogP) is 1.94. The number of rotatable bonds is 5. The highest BCUT2D eigenvalue weighted by Crippen LogP contribution is 2.54. The molecule has 0 spiro atoms. The van der Waals surface area contributed by atoms with Crippen LogP contribution in [0.25, 0.3) is 0 Å². The average Bonchev–Trinajstić information content (AvgIpc) is 2.16. The van der Waals surface area contributed by atoms with E-state index in [1.807, 2.05) is 0 Å². The zero-order valence-corrected chi connectivity index (χ0v) is 9.67. The summed E-state index contributed by atoms with van der Waals surface area (Å²) in [5.41, 5.74) is 0. The van der Waals surface area contributed by atoms with E-state index in [-0.39, 0.29) is 11.9 Å². The number of hydrogen-bond acceptors (Lipinski definition) is 5. The van der Waals surface area contributed by atoms with Gasteiger partial charge in [0.1, 0.15) is 0 Å². The van der Waals surface area contributed by atoms with Crippen LogP contribution in [0.3, 0.4) is 0 Å². The van der Waals surface area contributed by atoms with Crippen LogP contribution < -0.4 is 0 Å². The fraction of sp³-hybridized carbons (Fsp3) is 0.625. The molecule has 0 bridgehead atoms. The molecule has 0 amide bonds. The van der Waals surface area contributed by atoms with Gasteiger partial charge in [-0.25, -0.2) is 4.79 Å². The Labute approximate surface area is 83.6 Å². The van der Waals surface area contributed by atoms with Crippen LogP contribution in [0.1, 0.15) is 13.8 Å². The maximum Gasteiger partial charge on any atom is 0.356 e. The van der Waals surface area contributed by atoms with Gasteiger partial charge in [-0.3, -0.25) is 4.57 Å². The van der Waals surface area contributed by atoms with Crippen molar-refractivity contribution >= 4 is 13.6 Å². The Bertz CT molecular complexity index is 263. The smallest absolute Gasteiger partial charge is 0.356 e. The molecule has 0 heterocycles. The number of ether oxygens (including phenoxy) is 1. The molecule has 6 heteroatoms. The minimum Gasteiger partial charge on any atom is -0.463 e. The van der Waals surface area contributed by atoms with Crippen LogP contribution in [0, 0.1) is 0 Å². The van der Waals surface area contributed by atoms with Gasteiger partial charge < -0.3 is 13.8 Å². The third-order valence-electron chi connectivity index (χ3n) is 1.53. The summed E-state index contributed by atoms with van der Waals surface area (Å²) in [7, 11) is -0.776. The standard InChI is InChI=1S/C8H15O5P/c1-5-13-8(9)6-7(2)14(10,11-3)12-4/h6H,5H2,1-4H3/b7-6+. The second-order valence-corrected chi connectivity index (χ2v) is 4.83. The first-order chi connectivity index (χ1) is 6.50. The Morgan fingerprint density at radius 3 is 2.21 bits per heavy atom. The van der Waals surface area contributed by atoms with E-state index in [2.05, 4.69) is 13.8 Å². The largest absolute Gasteiger partial charge is 0.463 e. The van der Waals surface area contributed by atoms with Crippen molar-refractivity contribution in [1.82, 2.24) is 0 Å². The lowest BCUT2D eigenvalue weighted by Crippen LogP contribution is -2.01. The second-order valence-electron chi connectivity index (χ2n) is 2.40. The summed E-state index contributed by atoms with van der Waals surface area (Å²) in [4.78, 5) is 11.0. The lowest BCUT2D eigenvalue weighted by molar-refractivity contribution is -0.137. The van der Waals surface area contributed by atoms with Gasteiger partial charge in [0.15, 0.2) is 0 Å². The monoisotopic (exact) mass is 222 g/mol. The van der Waals surface area contributed by atoms with Crippen LogP contribution in [0.4, 0.5) is 0 Å². The highest BCUT2D eigenvalue weighted by Gasteiger charge is 2.24. The van der Waals surface area contributed by atoms with E-state index in [0.29, 0.717) is 0 Å². The van der Waals surface area contributed by atoms with Crippen molar-refractivity contribution in [3.8, 4) is 0 Å². The molecule has 0 N–H and O–H groups in total. The fourth-order valence-corrected chi connectivity index (χ4v) is 1.78. The number of allylic oxidation sites excluding steroid dienone is 1. The third-order valence-corrected chi connectivity index (χ3v) is 3.48. The summed E-state index contributed by atoms with van der Waals surface area (Å²) in [6, 6.07) is 0. The van der Waals surface area contributed by atoms with Crippen molar-refractivity contribution in [1.29, 1.82) is 0 Å². The van der Waals surface area contributed by atoms with Gasteiger partial charge in [0.05, 0.1) is 6.61 Å². The number of carbonyl (C=O) groups excluding carboxylic acids is 1. The Balaban J connectivity index is 4.66. The zero-order chi connectivity index (χ0) is 11.2. The molecule has 0 aromatic carbocycles. The molecular weight excluding hydrogens is 207 g/mol. The Morgan fingerprint density at radius 1 is 1.36 bits per heavy atom. The maximum absolute atomic E-state index is 11.7. The molecule has 14 heavy (non-hydrogen) atoms. The van der Waals surface area contributed by atoms with Crippen molar-refractivity contribution < 1.29 is 23.1 Å². The fourth-order valence-electron chi connectivity index (χ4n) is 0.796. The first-order valence-corrected chi connectivity index (χ1v) is 5.61. The van der Waals surface area contributed by atoms with Crippen LogP contribution in [-0.2, 0) is 23.1 Å². The molecule has 0 aliphatic heterocycles. The molecule has 0 saturated carbocycles. The minimum atomic E-state index is -3.29. The average molecular weight is 222 g/mol. The lowest BCUT2D eigenvalue weighted by atomic mass is 10.5. The molecule has 0 saturated heterocycles. The summed E-state index contributed by atoms with van der Waals surface area (Å²) >= 11 is 0. The second kappa shape index (κ2) is 5.96. The molecule has 0 aromatic rings. The number of carbonyl (C=O) groups is 1. The summed E-state index contributed by atoms with van der Waals surface area (Å²) in [6.45, 7) is 3.45. The third kappa shape index (κ3) is 3.62. The lowest BCUT2D eigenvalue weighted by Gasteiger charge is -2.13. The molecule has 0 aliphatic rings. The summed E-state index contributed by atoms with van der Waals surface area (Å²) < 4.78 is 25.7. The highest BCUT2D eigenvalue weighted by molar-refractivity contribution is 7.58. The van der Waals surface area contributed by atoms with Crippen molar-refractivity contribution in [2.24, 2.45) is 0 Å². The van der Waals surface area contributed by atoms with E-state index in [9.17, 15) is 9.36 Å². The zero-order valence-electron chi connectivity index (χ0n) is 8.77. The first kappa shape index (κ1) is 13.4.